The molecule has 0 radical (unpaired) electrons. The summed E-state index contributed by atoms with van der Waals surface area (Å²) in [7, 11) is 0. The number of hydrogen-bond donors (Lipinski definition) is 0. The Bertz CT molecular complexity index is 182. The van der Waals surface area contributed by atoms with Crippen LogP contribution in [0.15, 0.2) is 23.8 Å². The highest BCUT2D eigenvalue weighted by molar-refractivity contribution is 5.28. The van der Waals surface area contributed by atoms with Gasteiger partial charge >= 0.3 is 0 Å². The molecular weight excluding hydrogens is 120 g/mol. The molecule has 10 heavy (non-hydrogen) atoms. The monoisotopic (exact) mass is 136 g/mol. The minimum Gasteiger partial charge on any atom is -0.0993 e. The topological polar surface area (TPSA) is 0 Å². The summed E-state index contributed by atoms with van der Waals surface area (Å²) in [6.45, 7) is 10.6. The van der Waals surface area contributed by atoms with Gasteiger partial charge in [-0.15, -0.1) is 0 Å². The van der Waals surface area contributed by atoms with E-state index in [1.54, 1.807) is 5.57 Å². The lowest BCUT2D eigenvalue weighted by atomic mass is 9.72. The Balaban J connectivity index is 2.76. The molecule has 0 amide bonds. The fourth-order valence-electron chi connectivity index (χ4n) is 1.13. The molecule has 0 nitrogen and oxygen atoms in total. The van der Waals surface area contributed by atoms with E-state index in [1.807, 2.05) is 0 Å². The van der Waals surface area contributed by atoms with Crippen LogP contribution in [0.5, 0.6) is 0 Å². The van der Waals surface area contributed by atoms with E-state index in [0.717, 1.165) is 0 Å². The largest absolute Gasteiger partial charge is 0.0993 e. The highest BCUT2D eigenvalue weighted by Crippen LogP contribution is 2.40. The molecule has 0 heterocycles. The fraction of sp³-hybridized carbons (Fsp3) is 0.600. The molecule has 0 N–H and O–H groups in total. The van der Waals surface area contributed by atoms with Crippen LogP contribution in [0.3, 0.4) is 0 Å². The first-order chi connectivity index (χ1) is 4.55. The maximum absolute atomic E-state index is 3.99. The van der Waals surface area contributed by atoms with Gasteiger partial charge in [-0.2, -0.15) is 0 Å². The van der Waals surface area contributed by atoms with Crippen molar-refractivity contribution in [1.29, 1.82) is 0 Å². The molecule has 0 spiro atoms. The molecule has 1 aliphatic rings. The van der Waals surface area contributed by atoms with Gasteiger partial charge in [-0.25, -0.2) is 0 Å². The number of allylic oxidation sites excluding steroid dienone is 3. The van der Waals surface area contributed by atoms with E-state index in [-0.39, 0.29) is 5.41 Å². The van der Waals surface area contributed by atoms with Crippen LogP contribution in [-0.4, -0.2) is 0 Å². The van der Waals surface area contributed by atoms with Gasteiger partial charge in [0, 0.05) is 5.41 Å². The van der Waals surface area contributed by atoms with Crippen molar-refractivity contribution in [3.8, 4) is 0 Å². The van der Waals surface area contributed by atoms with E-state index in [1.165, 1.54) is 18.4 Å². The summed E-state index contributed by atoms with van der Waals surface area (Å²) >= 11 is 0. The molecule has 0 heteroatoms. The normalized spacial score (nSPS) is 17.7. The van der Waals surface area contributed by atoms with Crippen LogP contribution in [0.2, 0.25) is 0 Å². The third-order valence-electron chi connectivity index (χ3n) is 2.67. The van der Waals surface area contributed by atoms with Crippen molar-refractivity contribution < 1.29 is 0 Å². The van der Waals surface area contributed by atoms with Crippen LogP contribution in [0.1, 0.15) is 33.6 Å². The Kier molecular flexibility index (Phi) is 1.72. The molecular formula is C10H16. The zero-order chi connectivity index (χ0) is 7.78. The zero-order valence-corrected chi connectivity index (χ0v) is 7.20. The molecule has 1 aliphatic carbocycles. The van der Waals surface area contributed by atoms with Gasteiger partial charge in [0.1, 0.15) is 0 Å². The van der Waals surface area contributed by atoms with Gasteiger partial charge in [0.05, 0.1) is 0 Å². The van der Waals surface area contributed by atoms with Crippen molar-refractivity contribution in [3.05, 3.63) is 23.8 Å². The van der Waals surface area contributed by atoms with Crippen molar-refractivity contribution in [1.82, 2.24) is 0 Å². The first-order valence-electron chi connectivity index (χ1n) is 3.90. The van der Waals surface area contributed by atoms with Crippen LogP contribution >= 0.6 is 0 Å². The van der Waals surface area contributed by atoms with Gasteiger partial charge in [-0.3, -0.25) is 0 Å². The van der Waals surface area contributed by atoms with Gasteiger partial charge in [-0.05, 0) is 19.8 Å². The maximum Gasteiger partial charge on any atom is 0.00586 e. The van der Waals surface area contributed by atoms with Crippen LogP contribution < -0.4 is 0 Å². The lowest BCUT2D eigenvalue weighted by Crippen LogP contribution is -2.19. The molecule has 0 bridgehead atoms. The molecule has 0 aliphatic heterocycles. The molecule has 0 atom stereocenters. The van der Waals surface area contributed by atoms with Crippen molar-refractivity contribution in [2.24, 2.45) is 5.41 Å². The van der Waals surface area contributed by atoms with Gasteiger partial charge in [0.15, 0.2) is 0 Å². The summed E-state index contributed by atoms with van der Waals surface area (Å²) in [4.78, 5) is 0. The predicted octanol–water partition coefficient (Wildman–Crippen LogP) is 3.31. The third kappa shape index (κ3) is 1.03. The predicted molar refractivity (Wildman–Crippen MR) is 45.9 cm³/mol. The van der Waals surface area contributed by atoms with E-state index in [9.17, 15) is 0 Å². The van der Waals surface area contributed by atoms with Gasteiger partial charge < -0.3 is 0 Å². The smallest absolute Gasteiger partial charge is 0.00586 e. The Hall–Kier alpha value is -0.520. The first kappa shape index (κ1) is 7.59. The van der Waals surface area contributed by atoms with E-state index < -0.39 is 0 Å². The van der Waals surface area contributed by atoms with Crippen molar-refractivity contribution in [2.75, 3.05) is 0 Å². The minimum atomic E-state index is 0.262. The van der Waals surface area contributed by atoms with Crippen LogP contribution in [0.4, 0.5) is 0 Å². The average molecular weight is 136 g/mol. The number of rotatable bonds is 2. The second-order valence-electron chi connectivity index (χ2n) is 3.67. The summed E-state index contributed by atoms with van der Waals surface area (Å²) in [6, 6.07) is 0. The average Bonchev–Trinajstić information content (AvgIpc) is 1.57. The summed E-state index contributed by atoms with van der Waals surface area (Å²) in [5.41, 5.74) is 3.11. The molecule has 0 aromatic carbocycles. The standard InChI is InChI=1S/C10H16/c1-8(2)10(3,4)9-6-5-7-9/h6H,1,5,7H2,2-4H3. The Morgan fingerprint density at radius 2 is 2.10 bits per heavy atom. The number of hydrogen-bond acceptors (Lipinski definition) is 0. The highest BCUT2D eigenvalue weighted by Gasteiger charge is 2.26. The lowest BCUT2D eigenvalue weighted by molar-refractivity contribution is 0.492. The molecule has 0 saturated heterocycles. The SMILES string of the molecule is C=C(C)C(C)(C)C1=CCC1. The van der Waals surface area contributed by atoms with Gasteiger partial charge in [0.25, 0.3) is 0 Å². The van der Waals surface area contributed by atoms with Crippen molar-refractivity contribution in [2.45, 2.75) is 33.6 Å². The van der Waals surface area contributed by atoms with Crippen LogP contribution in [0, 0.1) is 5.41 Å². The van der Waals surface area contributed by atoms with E-state index in [0.29, 0.717) is 0 Å². The molecule has 0 fully saturated rings. The summed E-state index contributed by atoms with van der Waals surface area (Å²) < 4.78 is 0. The second-order valence-corrected chi connectivity index (χ2v) is 3.67. The Morgan fingerprint density at radius 1 is 1.60 bits per heavy atom. The summed E-state index contributed by atoms with van der Waals surface area (Å²) in [5.74, 6) is 0. The quantitative estimate of drug-likeness (QED) is 0.511. The highest BCUT2D eigenvalue weighted by atomic mass is 14.3. The minimum absolute atomic E-state index is 0.262. The zero-order valence-electron chi connectivity index (χ0n) is 7.20. The summed E-state index contributed by atoms with van der Waals surface area (Å²) in [5, 5.41) is 0. The third-order valence-corrected chi connectivity index (χ3v) is 2.67. The van der Waals surface area contributed by atoms with E-state index in [4.69, 9.17) is 0 Å². The van der Waals surface area contributed by atoms with E-state index >= 15 is 0 Å². The lowest BCUT2D eigenvalue weighted by Gasteiger charge is -2.33. The molecule has 1 rings (SSSR count). The van der Waals surface area contributed by atoms with Gasteiger partial charge in [0.2, 0.25) is 0 Å². The molecule has 0 aromatic rings. The van der Waals surface area contributed by atoms with E-state index in [2.05, 4.69) is 33.4 Å². The van der Waals surface area contributed by atoms with Crippen LogP contribution in [-0.2, 0) is 0 Å². The van der Waals surface area contributed by atoms with Crippen molar-refractivity contribution >= 4 is 0 Å². The molecule has 0 unspecified atom stereocenters. The molecule has 0 aromatic heterocycles. The Labute approximate surface area is 63.6 Å². The Morgan fingerprint density at radius 3 is 2.20 bits per heavy atom. The van der Waals surface area contributed by atoms with Crippen LogP contribution in [0.25, 0.3) is 0 Å². The first-order valence-corrected chi connectivity index (χ1v) is 3.90. The molecule has 56 valence electrons. The van der Waals surface area contributed by atoms with Gasteiger partial charge in [-0.1, -0.05) is 37.6 Å². The maximum atomic E-state index is 3.99. The molecule has 0 saturated carbocycles. The fourth-order valence-corrected chi connectivity index (χ4v) is 1.13. The second kappa shape index (κ2) is 2.26. The van der Waals surface area contributed by atoms with Crippen molar-refractivity contribution in [3.63, 3.8) is 0 Å². The summed E-state index contributed by atoms with van der Waals surface area (Å²) in [6.07, 6.45) is 4.88.